The summed E-state index contributed by atoms with van der Waals surface area (Å²) in [7, 11) is 3.21. The van der Waals surface area contributed by atoms with Crippen molar-refractivity contribution < 1.29 is 14.3 Å². The van der Waals surface area contributed by atoms with Crippen LogP contribution in [0.3, 0.4) is 0 Å². The number of carbonyl (C=O) groups is 1. The van der Waals surface area contributed by atoms with Crippen molar-refractivity contribution >= 4 is 5.91 Å². The van der Waals surface area contributed by atoms with Gasteiger partial charge < -0.3 is 20.1 Å². The zero-order valence-corrected chi connectivity index (χ0v) is 13.7. The summed E-state index contributed by atoms with van der Waals surface area (Å²) in [5, 5.41) is 0. The maximum Gasteiger partial charge on any atom is 0.227 e. The predicted octanol–water partition coefficient (Wildman–Crippen LogP) is 1.83. The zero-order chi connectivity index (χ0) is 16.1. The second kappa shape index (κ2) is 7.49. The molecule has 0 bridgehead atoms. The van der Waals surface area contributed by atoms with Gasteiger partial charge in [0.2, 0.25) is 5.91 Å². The Bertz CT molecular complexity index is 496. The monoisotopic (exact) mass is 306 g/mol. The molecular formula is C17H26N2O3. The molecule has 0 spiro atoms. The smallest absolute Gasteiger partial charge is 0.227 e. The number of benzene rings is 1. The van der Waals surface area contributed by atoms with E-state index in [1.54, 1.807) is 14.2 Å². The van der Waals surface area contributed by atoms with Crippen molar-refractivity contribution in [3.8, 4) is 11.5 Å². The van der Waals surface area contributed by atoms with E-state index in [2.05, 4.69) is 6.92 Å². The Balaban J connectivity index is 2.18. The summed E-state index contributed by atoms with van der Waals surface area (Å²) in [5.74, 6) is 2.08. The van der Waals surface area contributed by atoms with Crippen LogP contribution in [0, 0.1) is 5.92 Å². The van der Waals surface area contributed by atoms with Crippen LogP contribution < -0.4 is 15.2 Å². The quantitative estimate of drug-likeness (QED) is 0.901. The van der Waals surface area contributed by atoms with Crippen LogP contribution in [0.2, 0.25) is 0 Å². The molecule has 122 valence electrons. The molecule has 2 N–H and O–H groups in total. The first-order valence-electron chi connectivity index (χ1n) is 7.80. The molecule has 2 atom stereocenters. The summed E-state index contributed by atoms with van der Waals surface area (Å²) in [4.78, 5) is 14.7. The van der Waals surface area contributed by atoms with Gasteiger partial charge in [0, 0.05) is 24.7 Å². The minimum absolute atomic E-state index is 0.0881. The summed E-state index contributed by atoms with van der Waals surface area (Å²) in [6.07, 6.45) is 2.29. The number of ether oxygens (including phenoxy) is 2. The normalized spacial score (nSPS) is 21.5. The van der Waals surface area contributed by atoms with Crippen molar-refractivity contribution in [1.82, 2.24) is 4.90 Å². The van der Waals surface area contributed by atoms with E-state index in [-0.39, 0.29) is 18.4 Å². The van der Waals surface area contributed by atoms with Gasteiger partial charge in [0.05, 0.1) is 20.6 Å². The maximum atomic E-state index is 12.7. The summed E-state index contributed by atoms with van der Waals surface area (Å²) >= 11 is 0. The number of nitrogens with zero attached hydrogens (tertiary/aromatic N) is 1. The highest BCUT2D eigenvalue weighted by molar-refractivity contribution is 5.81. The Morgan fingerprint density at radius 2 is 1.95 bits per heavy atom. The van der Waals surface area contributed by atoms with Gasteiger partial charge in [0.1, 0.15) is 11.5 Å². The van der Waals surface area contributed by atoms with Crippen molar-refractivity contribution in [2.75, 3.05) is 27.3 Å². The Morgan fingerprint density at radius 1 is 1.32 bits per heavy atom. The van der Waals surface area contributed by atoms with Crippen molar-refractivity contribution in [1.29, 1.82) is 0 Å². The van der Waals surface area contributed by atoms with Gasteiger partial charge in [-0.15, -0.1) is 0 Å². The zero-order valence-electron chi connectivity index (χ0n) is 13.7. The Labute approximate surface area is 132 Å². The number of rotatable bonds is 5. The van der Waals surface area contributed by atoms with E-state index in [0.29, 0.717) is 24.0 Å². The highest BCUT2D eigenvalue weighted by Gasteiger charge is 2.29. The fourth-order valence-corrected chi connectivity index (χ4v) is 3.16. The van der Waals surface area contributed by atoms with Gasteiger partial charge in [0.15, 0.2) is 0 Å². The molecule has 2 unspecified atom stereocenters. The van der Waals surface area contributed by atoms with Crippen LogP contribution in [0.25, 0.3) is 0 Å². The molecule has 2 rings (SSSR count). The van der Waals surface area contributed by atoms with Gasteiger partial charge in [-0.2, -0.15) is 0 Å². The maximum absolute atomic E-state index is 12.7. The molecule has 5 nitrogen and oxygen atoms in total. The van der Waals surface area contributed by atoms with Crippen molar-refractivity contribution in [3.63, 3.8) is 0 Å². The minimum Gasteiger partial charge on any atom is -0.496 e. The molecule has 0 radical (unpaired) electrons. The van der Waals surface area contributed by atoms with E-state index in [4.69, 9.17) is 15.2 Å². The average molecular weight is 306 g/mol. The number of carbonyl (C=O) groups excluding carboxylic acids is 1. The van der Waals surface area contributed by atoms with Crippen LogP contribution in [0.1, 0.15) is 25.3 Å². The number of likely N-dealkylation sites (tertiary alicyclic amines) is 1. The summed E-state index contributed by atoms with van der Waals surface area (Å²) in [6, 6.07) is 5.70. The molecule has 1 amide bonds. The second-order valence-corrected chi connectivity index (χ2v) is 5.92. The van der Waals surface area contributed by atoms with E-state index < -0.39 is 0 Å². The number of piperidine rings is 1. The number of hydrogen-bond donors (Lipinski definition) is 1. The lowest BCUT2D eigenvalue weighted by Crippen LogP contribution is -2.49. The largest absolute Gasteiger partial charge is 0.496 e. The molecular weight excluding hydrogens is 280 g/mol. The van der Waals surface area contributed by atoms with Crippen LogP contribution in [0.4, 0.5) is 0 Å². The Kier molecular flexibility index (Phi) is 5.66. The molecule has 0 saturated carbocycles. The first kappa shape index (κ1) is 16.6. The Hall–Kier alpha value is -1.75. The third-order valence-electron chi connectivity index (χ3n) is 4.43. The van der Waals surface area contributed by atoms with Crippen LogP contribution in [0.5, 0.6) is 11.5 Å². The lowest BCUT2D eigenvalue weighted by atomic mass is 9.92. The van der Waals surface area contributed by atoms with Crippen LogP contribution in [-0.4, -0.2) is 44.2 Å². The number of amides is 1. The molecule has 22 heavy (non-hydrogen) atoms. The summed E-state index contributed by atoms with van der Waals surface area (Å²) in [6.45, 7) is 3.51. The van der Waals surface area contributed by atoms with Gasteiger partial charge in [0.25, 0.3) is 0 Å². The molecule has 1 aliphatic rings. The molecule has 1 heterocycles. The molecule has 0 aliphatic carbocycles. The molecule has 1 saturated heterocycles. The van der Waals surface area contributed by atoms with Crippen LogP contribution in [-0.2, 0) is 11.2 Å². The topological polar surface area (TPSA) is 64.8 Å². The lowest BCUT2D eigenvalue weighted by molar-refractivity contribution is -0.134. The number of hydrogen-bond acceptors (Lipinski definition) is 4. The predicted molar refractivity (Wildman–Crippen MR) is 86.2 cm³/mol. The third kappa shape index (κ3) is 3.53. The highest BCUT2D eigenvalue weighted by atomic mass is 16.5. The molecule has 1 aliphatic heterocycles. The van der Waals surface area contributed by atoms with E-state index in [1.807, 2.05) is 23.1 Å². The van der Waals surface area contributed by atoms with Crippen molar-refractivity contribution in [2.24, 2.45) is 11.7 Å². The number of nitrogens with two attached hydrogens (primary N) is 1. The minimum atomic E-state index is 0.0881. The van der Waals surface area contributed by atoms with Crippen molar-refractivity contribution in [3.05, 3.63) is 23.8 Å². The SMILES string of the molecule is COc1cccc(OC)c1CC(=O)N1CCC(C)CC1CN. The number of methoxy groups -OCH3 is 2. The van der Waals surface area contributed by atoms with E-state index in [0.717, 1.165) is 24.9 Å². The van der Waals surface area contributed by atoms with Crippen LogP contribution >= 0.6 is 0 Å². The van der Waals surface area contributed by atoms with Crippen LogP contribution in [0.15, 0.2) is 18.2 Å². The molecule has 5 heteroatoms. The first-order chi connectivity index (χ1) is 10.6. The molecule has 0 aromatic heterocycles. The van der Waals surface area contributed by atoms with Crippen molar-refractivity contribution in [2.45, 2.75) is 32.2 Å². The van der Waals surface area contributed by atoms with E-state index in [1.165, 1.54) is 0 Å². The second-order valence-electron chi connectivity index (χ2n) is 5.92. The molecule has 1 fully saturated rings. The summed E-state index contributed by atoms with van der Waals surface area (Å²) in [5.41, 5.74) is 6.65. The molecule has 1 aromatic rings. The third-order valence-corrected chi connectivity index (χ3v) is 4.43. The standard InChI is InChI=1S/C17H26N2O3/c1-12-7-8-19(13(9-12)11-18)17(20)10-14-15(21-2)5-4-6-16(14)22-3/h4-6,12-13H,7-11,18H2,1-3H3. The summed E-state index contributed by atoms with van der Waals surface area (Å²) < 4.78 is 10.7. The van der Waals surface area contributed by atoms with Gasteiger partial charge in [-0.3, -0.25) is 4.79 Å². The van der Waals surface area contributed by atoms with E-state index in [9.17, 15) is 4.79 Å². The lowest BCUT2D eigenvalue weighted by Gasteiger charge is -2.38. The first-order valence-corrected chi connectivity index (χ1v) is 7.80. The van der Waals surface area contributed by atoms with Gasteiger partial charge in [-0.1, -0.05) is 13.0 Å². The fourth-order valence-electron chi connectivity index (χ4n) is 3.16. The molecule has 1 aromatic carbocycles. The fraction of sp³-hybridized carbons (Fsp3) is 0.588. The average Bonchev–Trinajstić information content (AvgIpc) is 2.54. The highest BCUT2D eigenvalue weighted by Crippen LogP contribution is 2.30. The van der Waals surface area contributed by atoms with Gasteiger partial charge >= 0.3 is 0 Å². The van der Waals surface area contributed by atoms with Gasteiger partial charge in [-0.05, 0) is 30.9 Å². The van der Waals surface area contributed by atoms with Gasteiger partial charge in [-0.25, -0.2) is 0 Å². The Morgan fingerprint density at radius 3 is 2.50 bits per heavy atom. The van der Waals surface area contributed by atoms with E-state index >= 15 is 0 Å².